The van der Waals surface area contributed by atoms with Crippen LogP contribution in [0.25, 0.3) is 10.2 Å². The zero-order valence-corrected chi connectivity index (χ0v) is 16.9. The van der Waals surface area contributed by atoms with Crippen LogP contribution in [-0.2, 0) is 11.3 Å². The van der Waals surface area contributed by atoms with Crippen molar-refractivity contribution in [2.75, 3.05) is 11.9 Å². The molecular weight excluding hydrogens is 412 g/mol. The first-order chi connectivity index (χ1) is 14.4. The lowest BCUT2D eigenvalue weighted by atomic mass is 9.95. The van der Waals surface area contributed by atoms with Gasteiger partial charge in [0.05, 0.1) is 23.0 Å². The van der Waals surface area contributed by atoms with Crippen molar-refractivity contribution in [1.82, 2.24) is 14.8 Å². The summed E-state index contributed by atoms with van der Waals surface area (Å²) in [5.41, 5.74) is 0.931. The van der Waals surface area contributed by atoms with Gasteiger partial charge in [-0.1, -0.05) is 0 Å². The van der Waals surface area contributed by atoms with E-state index in [0.717, 1.165) is 4.70 Å². The Morgan fingerprint density at radius 2 is 2.03 bits per heavy atom. The second-order valence-corrected chi connectivity index (χ2v) is 8.03. The molecule has 3 heterocycles. The fourth-order valence-corrected chi connectivity index (χ4v) is 4.42. The van der Waals surface area contributed by atoms with Crippen LogP contribution in [0.3, 0.4) is 0 Å². The van der Waals surface area contributed by atoms with E-state index in [0.29, 0.717) is 28.5 Å². The van der Waals surface area contributed by atoms with Crippen molar-refractivity contribution in [3.63, 3.8) is 0 Å². The van der Waals surface area contributed by atoms with Gasteiger partial charge in [0, 0.05) is 18.2 Å². The summed E-state index contributed by atoms with van der Waals surface area (Å²) in [6.45, 7) is 2.03. The van der Waals surface area contributed by atoms with Crippen LogP contribution in [0.15, 0.2) is 30.5 Å². The second-order valence-electron chi connectivity index (χ2n) is 6.97. The molecule has 1 fully saturated rings. The molecule has 0 radical (unpaired) electrons. The number of aliphatic hydroxyl groups excluding tert-OH is 4. The van der Waals surface area contributed by atoms with Crippen molar-refractivity contribution in [3.05, 3.63) is 41.0 Å². The van der Waals surface area contributed by atoms with Gasteiger partial charge in [-0.05, 0) is 25.1 Å². The van der Waals surface area contributed by atoms with Gasteiger partial charge in [-0.25, -0.2) is 9.67 Å². The minimum atomic E-state index is -1.47. The zero-order chi connectivity index (χ0) is 21.4. The maximum atomic E-state index is 12.6. The van der Waals surface area contributed by atoms with Gasteiger partial charge in [0.25, 0.3) is 5.91 Å². The SMILES string of the molecule is CCn1nccc1NC(=O)c1ccc2sc([C@@H]3O[C@H](CO)[C@H](O)[C@H](O)[C@H]3O)nc2c1. The average Bonchev–Trinajstić information content (AvgIpc) is 3.37. The number of nitrogens with one attached hydrogen (secondary N) is 1. The summed E-state index contributed by atoms with van der Waals surface area (Å²) in [5.74, 6) is 0.275. The molecule has 0 bridgehead atoms. The van der Waals surface area contributed by atoms with E-state index in [9.17, 15) is 25.2 Å². The largest absolute Gasteiger partial charge is 0.394 e. The summed E-state index contributed by atoms with van der Waals surface area (Å²) in [6, 6.07) is 6.74. The fourth-order valence-electron chi connectivity index (χ4n) is 3.39. The average molecular weight is 434 g/mol. The van der Waals surface area contributed by atoms with Gasteiger partial charge in [0.2, 0.25) is 0 Å². The quantitative estimate of drug-likeness (QED) is 0.384. The maximum absolute atomic E-state index is 12.6. The number of hydrogen-bond donors (Lipinski definition) is 5. The highest BCUT2D eigenvalue weighted by Gasteiger charge is 2.45. The third-order valence-electron chi connectivity index (χ3n) is 5.06. The van der Waals surface area contributed by atoms with Crippen LogP contribution in [0.1, 0.15) is 28.4 Å². The Balaban J connectivity index is 1.59. The lowest BCUT2D eigenvalue weighted by Crippen LogP contribution is -2.55. The van der Waals surface area contributed by atoms with Crippen molar-refractivity contribution in [2.24, 2.45) is 0 Å². The summed E-state index contributed by atoms with van der Waals surface area (Å²) in [5, 5.41) is 46.9. The Kier molecular flexibility index (Phi) is 5.82. The summed E-state index contributed by atoms with van der Waals surface area (Å²) < 4.78 is 7.99. The van der Waals surface area contributed by atoms with E-state index < -0.39 is 37.1 Å². The molecule has 5 N–H and O–H groups in total. The molecule has 2 aromatic heterocycles. The fraction of sp³-hybridized carbons (Fsp3) is 0.421. The normalized spacial score (nSPS) is 26.8. The number of rotatable bonds is 5. The maximum Gasteiger partial charge on any atom is 0.256 e. The Morgan fingerprint density at radius 1 is 1.23 bits per heavy atom. The van der Waals surface area contributed by atoms with Crippen molar-refractivity contribution < 1.29 is 30.0 Å². The molecule has 0 spiro atoms. The van der Waals surface area contributed by atoms with Crippen LogP contribution in [-0.4, -0.2) is 72.1 Å². The summed E-state index contributed by atoms with van der Waals surface area (Å²) in [7, 11) is 0. The molecule has 1 aliphatic rings. The molecule has 0 saturated carbocycles. The molecule has 4 rings (SSSR count). The van der Waals surface area contributed by atoms with E-state index >= 15 is 0 Å². The van der Waals surface area contributed by atoms with Crippen LogP contribution in [0.2, 0.25) is 0 Å². The lowest BCUT2D eigenvalue weighted by molar-refractivity contribution is -0.231. The highest BCUT2D eigenvalue weighted by atomic mass is 32.1. The zero-order valence-electron chi connectivity index (χ0n) is 16.0. The number of benzene rings is 1. The van der Waals surface area contributed by atoms with Crippen LogP contribution in [0.5, 0.6) is 0 Å². The number of aryl methyl sites for hydroxylation is 1. The molecule has 1 amide bonds. The Bertz CT molecular complexity index is 1050. The lowest BCUT2D eigenvalue weighted by Gasteiger charge is -2.39. The summed E-state index contributed by atoms with van der Waals surface area (Å²) in [4.78, 5) is 17.1. The molecule has 3 aromatic rings. The van der Waals surface area contributed by atoms with E-state index in [4.69, 9.17) is 4.74 Å². The Labute approximate surface area is 175 Å². The molecule has 10 nitrogen and oxygen atoms in total. The van der Waals surface area contributed by atoms with Gasteiger partial charge in [0.1, 0.15) is 41.3 Å². The summed E-state index contributed by atoms with van der Waals surface area (Å²) in [6.07, 6.45) is -4.71. The van der Waals surface area contributed by atoms with E-state index in [1.165, 1.54) is 11.3 Å². The Hall–Kier alpha value is -2.41. The number of hydrogen-bond acceptors (Lipinski definition) is 9. The van der Waals surface area contributed by atoms with E-state index in [-0.39, 0.29) is 5.91 Å². The summed E-state index contributed by atoms with van der Waals surface area (Å²) >= 11 is 1.24. The molecule has 5 atom stereocenters. The molecule has 160 valence electrons. The third-order valence-corrected chi connectivity index (χ3v) is 6.16. The van der Waals surface area contributed by atoms with Crippen LogP contribution in [0, 0.1) is 0 Å². The number of fused-ring (bicyclic) bond motifs is 1. The van der Waals surface area contributed by atoms with Gasteiger partial charge in [0.15, 0.2) is 0 Å². The van der Waals surface area contributed by atoms with Crippen LogP contribution in [0.4, 0.5) is 5.82 Å². The van der Waals surface area contributed by atoms with Crippen LogP contribution >= 0.6 is 11.3 Å². The standard InChI is InChI=1S/C19H22N4O6S/c1-2-23-13(5-6-20-23)22-18(28)9-3-4-12-10(7-9)21-19(30-12)17-16(27)15(26)14(25)11(8-24)29-17/h3-7,11,14-17,24-27H,2,8H2,1H3,(H,22,28)/t11-,14+,15+,16-,17-/m1/s1. The highest BCUT2D eigenvalue weighted by molar-refractivity contribution is 7.18. The molecule has 1 aromatic carbocycles. The van der Waals surface area contributed by atoms with Crippen molar-refractivity contribution in [1.29, 1.82) is 0 Å². The van der Waals surface area contributed by atoms with Crippen molar-refractivity contribution in [2.45, 2.75) is 44.0 Å². The van der Waals surface area contributed by atoms with Gasteiger partial charge in [-0.15, -0.1) is 11.3 Å². The molecule has 30 heavy (non-hydrogen) atoms. The minimum Gasteiger partial charge on any atom is -0.394 e. The van der Waals surface area contributed by atoms with E-state index in [1.807, 2.05) is 6.92 Å². The minimum absolute atomic E-state index is 0.311. The Morgan fingerprint density at radius 3 is 2.77 bits per heavy atom. The number of aromatic nitrogens is 3. The molecule has 1 saturated heterocycles. The van der Waals surface area contributed by atoms with Crippen molar-refractivity contribution >= 4 is 33.3 Å². The second kappa shape index (κ2) is 8.38. The third kappa shape index (κ3) is 3.71. The first-order valence-electron chi connectivity index (χ1n) is 9.47. The predicted molar refractivity (Wildman–Crippen MR) is 108 cm³/mol. The monoisotopic (exact) mass is 434 g/mol. The number of anilines is 1. The van der Waals surface area contributed by atoms with Gasteiger partial charge >= 0.3 is 0 Å². The van der Waals surface area contributed by atoms with Gasteiger partial charge in [-0.2, -0.15) is 5.10 Å². The number of carbonyl (C=O) groups is 1. The number of aliphatic hydroxyl groups is 4. The number of amides is 1. The van der Waals surface area contributed by atoms with Crippen LogP contribution < -0.4 is 5.32 Å². The first kappa shape index (κ1) is 20.8. The predicted octanol–water partition coefficient (Wildman–Crippen LogP) is 0.280. The van der Waals surface area contributed by atoms with E-state index in [2.05, 4.69) is 15.4 Å². The number of carbonyl (C=O) groups excluding carboxylic acids is 1. The molecule has 1 aliphatic heterocycles. The number of ether oxygens (including phenoxy) is 1. The molecule has 0 unspecified atom stereocenters. The molecule has 11 heteroatoms. The van der Waals surface area contributed by atoms with E-state index in [1.54, 1.807) is 35.1 Å². The molecular formula is C19H22N4O6S. The number of thiazole rings is 1. The topological polar surface area (TPSA) is 150 Å². The smallest absolute Gasteiger partial charge is 0.256 e. The van der Waals surface area contributed by atoms with Gasteiger partial charge < -0.3 is 30.5 Å². The number of nitrogens with zero attached hydrogens (tertiary/aromatic N) is 3. The highest BCUT2D eigenvalue weighted by Crippen LogP contribution is 2.36. The first-order valence-corrected chi connectivity index (χ1v) is 10.3. The van der Waals surface area contributed by atoms with Crippen molar-refractivity contribution in [3.8, 4) is 0 Å². The molecule has 0 aliphatic carbocycles. The van der Waals surface area contributed by atoms with Gasteiger partial charge in [-0.3, -0.25) is 4.79 Å².